The van der Waals surface area contributed by atoms with Crippen LogP contribution in [0.5, 0.6) is 0 Å². The Morgan fingerprint density at radius 3 is 2.70 bits per heavy atom. The van der Waals surface area contributed by atoms with Gasteiger partial charge >= 0.3 is 0 Å². The highest BCUT2D eigenvalue weighted by atomic mass is 16.5. The van der Waals surface area contributed by atoms with Gasteiger partial charge in [0.2, 0.25) is 0 Å². The number of hydrogen-bond acceptors (Lipinski definition) is 3. The predicted molar refractivity (Wildman–Crippen MR) is 92.0 cm³/mol. The van der Waals surface area contributed by atoms with E-state index in [1.165, 1.54) is 36.0 Å². The second-order valence-electron chi connectivity index (χ2n) is 6.91. The summed E-state index contributed by atoms with van der Waals surface area (Å²) in [6.45, 7) is 5.14. The van der Waals surface area contributed by atoms with Crippen LogP contribution in [-0.4, -0.2) is 22.1 Å². The van der Waals surface area contributed by atoms with Crippen molar-refractivity contribution in [1.82, 2.24) is 10.1 Å². The van der Waals surface area contributed by atoms with Crippen LogP contribution in [0.3, 0.4) is 0 Å². The van der Waals surface area contributed by atoms with Crippen molar-refractivity contribution >= 4 is 5.57 Å². The number of piperidine rings is 1. The Hall–Kier alpha value is -1.87. The molecule has 0 amide bonds. The van der Waals surface area contributed by atoms with Gasteiger partial charge in [-0.25, -0.2) is 0 Å². The molecule has 2 unspecified atom stereocenters. The van der Waals surface area contributed by atoms with Crippen LogP contribution in [0.2, 0.25) is 0 Å². The van der Waals surface area contributed by atoms with Crippen LogP contribution >= 0.6 is 0 Å². The number of benzene rings is 1. The van der Waals surface area contributed by atoms with Crippen molar-refractivity contribution in [3.05, 3.63) is 59.0 Å². The zero-order chi connectivity index (χ0) is 15.8. The molecule has 3 heterocycles. The fourth-order valence-electron chi connectivity index (χ4n) is 4.28. The second-order valence-corrected chi connectivity index (χ2v) is 6.91. The van der Waals surface area contributed by atoms with Gasteiger partial charge in [0.1, 0.15) is 5.76 Å². The number of hydrogen-bond donors (Lipinski definition) is 0. The van der Waals surface area contributed by atoms with E-state index in [2.05, 4.69) is 53.4 Å². The molecule has 0 radical (unpaired) electrons. The van der Waals surface area contributed by atoms with E-state index in [0.29, 0.717) is 12.1 Å². The predicted octanol–water partition coefficient (Wildman–Crippen LogP) is 4.50. The van der Waals surface area contributed by atoms with E-state index in [1.54, 1.807) is 0 Å². The lowest BCUT2D eigenvalue weighted by Crippen LogP contribution is -2.47. The first-order chi connectivity index (χ1) is 11.2. The van der Waals surface area contributed by atoms with E-state index in [4.69, 9.17) is 4.52 Å². The van der Waals surface area contributed by atoms with Crippen LogP contribution in [0.15, 0.2) is 40.9 Å². The normalized spacial score (nSPS) is 24.5. The first-order valence-corrected chi connectivity index (χ1v) is 8.66. The van der Waals surface area contributed by atoms with E-state index in [1.807, 2.05) is 6.92 Å². The topological polar surface area (TPSA) is 29.3 Å². The molecule has 0 spiro atoms. The molecule has 1 fully saturated rings. The van der Waals surface area contributed by atoms with Crippen LogP contribution in [-0.2, 0) is 6.54 Å². The molecule has 23 heavy (non-hydrogen) atoms. The van der Waals surface area contributed by atoms with E-state index in [9.17, 15) is 0 Å². The zero-order valence-electron chi connectivity index (χ0n) is 14.0. The Balaban J connectivity index is 1.63. The molecule has 1 saturated heterocycles. The van der Waals surface area contributed by atoms with Gasteiger partial charge in [-0.2, -0.15) is 0 Å². The summed E-state index contributed by atoms with van der Waals surface area (Å²) in [7, 11) is 0. The van der Waals surface area contributed by atoms with Crippen molar-refractivity contribution < 1.29 is 4.52 Å². The third kappa shape index (κ3) is 2.74. The summed E-state index contributed by atoms with van der Waals surface area (Å²) in [6, 6.07) is 12.0. The maximum Gasteiger partial charge on any atom is 0.141 e. The Bertz CT molecular complexity index is 697. The fourth-order valence-corrected chi connectivity index (χ4v) is 4.28. The number of rotatable bonds is 3. The fraction of sp³-hybridized carbons (Fsp3) is 0.450. The summed E-state index contributed by atoms with van der Waals surface area (Å²) in [4.78, 5) is 2.69. The molecule has 4 rings (SSSR count). The largest absolute Gasteiger partial charge is 0.361 e. The van der Waals surface area contributed by atoms with Gasteiger partial charge < -0.3 is 4.52 Å². The Morgan fingerprint density at radius 2 is 2.00 bits per heavy atom. The van der Waals surface area contributed by atoms with Crippen molar-refractivity contribution in [3.63, 3.8) is 0 Å². The molecule has 3 heteroatoms. The molecule has 3 nitrogen and oxygen atoms in total. The summed E-state index contributed by atoms with van der Waals surface area (Å²) in [6.07, 6.45) is 7.49. The van der Waals surface area contributed by atoms with Gasteiger partial charge in [-0.1, -0.05) is 48.0 Å². The van der Waals surface area contributed by atoms with E-state index in [-0.39, 0.29) is 0 Å². The minimum absolute atomic E-state index is 0.548. The van der Waals surface area contributed by atoms with Gasteiger partial charge in [0, 0.05) is 24.2 Å². The first kappa shape index (κ1) is 14.7. The van der Waals surface area contributed by atoms with Crippen LogP contribution in [0.4, 0.5) is 0 Å². The number of aromatic nitrogens is 1. The highest BCUT2D eigenvalue weighted by Gasteiger charge is 2.35. The van der Waals surface area contributed by atoms with Gasteiger partial charge in [0.25, 0.3) is 0 Å². The monoisotopic (exact) mass is 308 g/mol. The minimum atomic E-state index is 0.548. The Morgan fingerprint density at radius 1 is 1.17 bits per heavy atom. The lowest BCUT2D eigenvalue weighted by Gasteiger charge is -2.45. The molecule has 2 aliphatic rings. The van der Waals surface area contributed by atoms with Gasteiger partial charge in [0.15, 0.2) is 0 Å². The molecular weight excluding hydrogens is 284 g/mol. The zero-order valence-corrected chi connectivity index (χ0v) is 14.0. The van der Waals surface area contributed by atoms with Crippen molar-refractivity contribution in [3.8, 4) is 0 Å². The average Bonchev–Trinajstić information content (AvgIpc) is 2.87. The maximum absolute atomic E-state index is 5.39. The lowest BCUT2D eigenvalue weighted by molar-refractivity contribution is 0.0951. The standard InChI is InChI=1S/C20H24N2O/c1-14-20(15(2)23-21-14)17-11-18-9-6-10-19(12-17)22(18)13-16-7-4-3-5-8-16/h3-5,7-8,11,18-19H,6,9-10,12-13H2,1-2H3. The van der Waals surface area contributed by atoms with Crippen LogP contribution in [0.25, 0.3) is 5.57 Å². The number of aryl methyl sites for hydroxylation is 2. The van der Waals surface area contributed by atoms with Gasteiger partial charge in [-0.3, -0.25) is 4.90 Å². The highest BCUT2D eigenvalue weighted by molar-refractivity contribution is 5.70. The number of fused-ring (bicyclic) bond motifs is 2. The van der Waals surface area contributed by atoms with Crippen molar-refractivity contribution in [2.45, 2.75) is 58.2 Å². The first-order valence-electron chi connectivity index (χ1n) is 8.66. The maximum atomic E-state index is 5.39. The van der Waals surface area contributed by atoms with Crippen molar-refractivity contribution in [2.75, 3.05) is 0 Å². The summed E-state index contributed by atoms with van der Waals surface area (Å²) >= 11 is 0. The average molecular weight is 308 g/mol. The molecule has 0 N–H and O–H groups in total. The quantitative estimate of drug-likeness (QED) is 0.836. The minimum Gasteiger partial charge on any atom is -0.361 e. The molecule has 120 valence electrons. The molecule has 2 atom stereocenters. The third-order valence-electron chi connectivity index (χ3n) is 5.34. The molecule has 0 saturated carbocycles. The van der Waals surface area contributed by atoms with E-state index >= 15 is 0 Å². The summed E-state index contributed by atoms with van der Waals surface area (Å²) in [5, 5.41) is 4.14. The Kier molecular flexibility index (Phi) is 3.82. The summed E-state index contributed by atoms with van der Waals surface area (Å²) in [5.41, 5.74) is 5.14. The van der Waals surface area contributed by atoms with E-state index < -0.39 is 0 Å². The van der Waals surface area contributed by atoms with E-state index in [0.717, 1.165) is 24.4 Å². The molecule has 2 bridgehead atoms. The van der Waals surface area contributed by atoms with Crippen LogP contribution < -0.4 is 0 Å². The number of nitrogens with zero attached hydrogens (tertiary/aromatic N) is 2. The van der Waals surface area contributed by atoms with Crippen LogP contribution in [0, 0.1) is 13.8 Å². The molecular formula is C20H24N2O. The van der Waals surface area contributed by atoms with Gasteiger partial charge in [-0.05, 0) is 44.2 Å². The van der Waals surface area contributed by atoms with Gasteiger partial charge in [-0.15, -0.1) is 0 Å². The van der Waals surface area contributed by atoms with Crippen molar-refractivity contribution in [1.29, 1.82) is 0 Å². The summed E-state index contributed by atoms with van der Waals surface area (Å²) < 4.78 is 5.39. The third-order valence-corrected chi connectivity index (χ3v) is 5.34. The van der Waals surface area contributed by atoms with Gasteiger partial charge in [0.05, 0.1) is 5.69 Å². The SMILES string of the molecule is Cc1noc(C)c1C1=CC2CCCC(C1)N2Cc1ccccc1. The smallest absolute Gasteiger partial charge is 0.141 e. The lowest BCUT2D eigenvalue weighted by atomic mass is 9.82. The Labute approximate surface area is 138 Å². The second kappa shape index (κ2) is 5.97. The van der Waals surface area contributed by atoms with Crippen LogP contribution in [0.1, 0.15) is 48.3 Å². The van der Waals surface area contributed by atoms with Crippen molar-refractivity contribution in [2.24, 2.45) is 0 Å². The molecule has 1 aromatic carbocycles. The highest BCUT2D eigenvalue weighted by Crippen LogP contribution is 2.39. The molecule has 2 aliphatic heterocycles. The molecule has 1 aromatic heterocycles. The molecule has 2 aromatic rings. The summed E-state index contributed by atoms with van der Waals surface area (Å²) in [5.74, 6) is 0.961. The molecule has 0 aliphatic carbocycles.